The molecule has 144 valence electrons. The van der Waals surface area contributed by atoms with Crippen molar-refractivity contribution >= 4 is 15.7 Å². The van der Waals surface area contributed by atoms with Crippen LogP contribution in [0.15, 0.2) is 41.6 Å². The first-order valence-corrected chi connectivity index (χ1v) is 10.2. The van der Waals surface area contributed by atoms with Crippen LogP contribution in [0.4, 0.5) is 5.69 Å². The average molecular weight is 392 g/mol. The van der Waals surface area contributed by atoms with Crippen molar-refractivity contribution in [3.8, 4) is 0 Å². The SMILES string of the molecule is C[C@@H]1CN(S(=O)(=O)c2ccc([N+](=O)[O-])cc2)C[C@H](c2cnn(C3CC3)c2)O1. The number of ether oxygens (including phenoxy) is 1. The van der Waals surface area contributed by atoms with Gasteiger partial charge in [0.25, 0.3) is 5.69 Å². The van der Waals surface area contributed by atoms with Gasteiger partial charge in [0.15, 0.2) is 0 Å². The van der Waals surface area contributed by atoms with E-state index in [1.165, 1.54) is 28.6 Å². The Labute approximate surface area is 156 Å². The molecule has 0 unspecified atom stereocenters. The highest BCUT2D eigenvalue weighted by atomic mass is 32.2. The fourth-order valence-corrected chi connectivity index (χ4v) is 4.76. The van der Waals surface area contributed by atoms with Crippen molar-refractivity contribution in [1.82, 2.24) is 14.1 Å². The summed E-state index contributed by atoms with van der Waals surface area (Å²) in [6, 6.07) is 5.39. The summed E-state index contributed by atoms with van der Waals surface area (Å²) in [7, 11) is -3.77. The molecule has 1 aromatic carbocycles. The summed E-state index contributed by atoms with van der Waals surface area (Å²) in [5, 5.41) is 15.1. The molecular formula is C17H20N4O5S. The van der Waals surface area contributed by atoms with Crippen molar-refractivity contribution in [2.75, 3.05) is 13.1 Å². The molecule has 0 radical (unpaired) electrons. The molecule has 2 aromatic rings. The first-order chi connectivity index (χ1) is 12.8. The van der Waals surface area contributed by atoms with Gasteiger partial charge in [-0.15, -0.1) is 0 Å². The highest BCUT2D eigenvalue weighted by Crippen LogP contribution is 2.36. The Balaban J connectivity index is 1.56. The molecule has 1 aromatic heterocycles. The lowest BCUT2D eigenvalue weighted by atomic mass is 10.1. The van der Waals surface area contributed by atoms with Gasteiger partial charge < -0.3 is 4.74 Å². The van der Waals surface area contributed by atoms with Gasteiger partial charge in [0.1, 0.15) is 0 Å². The highest BCUT2D eigenvalue weighted by molar-refractivity contribution is 7.89. The molecule has 1 saturated heterocycles. The van der Waals surface area contributed by atoms with E-state index in [9.17, 15) is 18.5 Å². The van der Waals surface area contributed by atoms with E-state index in [0.717, 1.165) is 18.4 Å². The van der Waals surface area contributed by atoms with Gasteiger partial charge in [-0.3, -0.25) is 14.8 Å². The number of benzene rings is 1. The van der Waals surface area contributed by atoms with Gasteiger partial charge in [0.05, 0.1) is 34.3 Å². The van der Waals surface area contributed by atoms with Crippen molar-refractivity contribution in [2.45, 2.75) is 42.9 Å². The Morgan fingerprint density at radius 2 is 1.93 bits per heavy atom. The van der Waals surface area contributed by atoms with E-state index in [-0.39, 0.29) is 29.8 Å². The van der Waals surface area contributed by atoms with Gasteiger partial charge in [0.2, 0.25) is 10.0 Å². The first-order valence-electron chi connectivity index (χ1n) is 8.78. The van der Waals surface area contributed by atoms with Gasteiger partial charge in [-0.25, -0.2) is 8.42 Å². The Kier molecular flexibility index (Phi) is 4.49. The van der Waals surface area contributed by atoms with E-state index in [0.29, 0.717) is 6.04 Å². The second-order valence-corrected chi connectivity index (χ2v) is 8.93. The lowest BCUT2D eigenvalue weighted by molar-refractivity contribution is -0.384. The number of nitro benzene ring substituents is 1. The molecule has 0 amide bonds. The fourth-order valence-electron chi connectivity index (χ4n) is 3.24. The zero-order valence-corrected chi connectivity index (χ0v) is 15.6. The van der Waals surface area contributed by atoms with Crippen LogP contribution < -0.4 is 0 Å². The van der Waals surface area contributed by atoms with Crippen LogP contribution in [-0.4, -0.2) is 46.6 Å². The fraction of sp³-hybridized carbons (Fsp3) is 0.471. The zero-order chi connectivity index (χ0) is 19.2. The van der Waals surface area contributed by atoms with E-state index in [1.807, 2.05) is 17.8 Å². The second-order valence-electron chi connectivity index (χ2n) is 6.99. The zero-order valence-electron chi connectivity index (χ0n) is 14.8. The Bertz CT molecular complexity index is 952. The number of hydrogen-bond acceptors (Lipinski definition) is 6. The van der Waals surface area contributed by atoms with Crippen LogP contribution in [0.5, 0.6) is 0 Å². The topological polar surface area (TPSA) is 108 Å². The monoisotopic (exact) mass is 392 g/mol. The molecule has 2 aliphatic rings. The van der Waals surface area contributed by atoms with Gasteiger partial charge in [-0.05, 0) is 31.9 Å². The number of rotatable bonds is 5. The van der Waals surface area contributed by atoms with Gasteiger partial charge >= 0.3 is 0 Å². The van der Waals surface area contributed by atoms with Crippen LogP contribution in [0, 0.1) is 10.1 Å². The minimum Gasteiger partial charge on any atom is -0.368 e. The van der Waals surface area contributed by atoms with E-state index in [2.05, 4.69) is 5.10 Å². The molecule has 2 fully saturated rings. The predicted octanol–water partition coefficient (Wildman–Crippen LogP) is 2.28. The van der Waals surface area contributed by atoms with Crippen LogP contribution >= 0.6 is 0 Å². The van der Waals surface area contributed by atoms with E-state index in [4.69, 9.17) is 4.74 Å². The number of non-ortho nitro benzene ring substituents is 1. The van der Waals surface area contributed by atoms with Crippen molar-refractivity contribution in [1.29, 1.82) is 0 Å². The van der Waals surface area contributed by atoms with E-state index in [1.54, 1.807) is 6.20 Å². The Morgan fingerprint density at radius 3 is 2.56 bits per heavy atom. The van der Waals surface area contributed by atoms with E-state index < -0.39 is 21.1 Å². The van der Waals surface area contributed by atoms with Crippen LogP contribution in [0.3, 0.4) is 0 Å². The number of sulfonamides is 1. The molecule has 1 saturated carbocycles. The average Bonchev–Trinajstić information content (AvgIpc) is 3.38. The molecule has 10 heteroatoms. The molecule has 9 nitrogen and oxygen atoms in total. The number of aromatic nitrogens is 2. The summed E-state index contributed by atoms with van der Waals surface area (Å²) >= 11 is 0. The molecule has 1 aliphatic carbocycles. The molecule has 0 bridgehead atoms. The molecule has 2 atom stereocenters. The van der Waals surface area contributed by atoms with Crippen molar-refractivity contribution in [2.24, 2.45) is 0 Å². The summed E-state index contributed by atoms with van der Waals surface area (Å²) in [5.74, 6) is 0. The van der Waals surface area contributed by atoms with Crippen molar-refractivity contribution < 1.29 is 18.1 Å². The lowest BCUT2D eigenvalue weighted by Gasteiger charge is -2.35. The third kappa shape index (κ3) is 3.60. The van der Waals surface area contributed by atoms with Crippen LogP contribution in [0.25, 0.3) is 0 Å². The predicted molar refractivity (Wildman–Crippen MR) is 95.6 cm³/mol. The molecule has 0 N–H and O–H groups in total. The standard InChI is InChI=1S/C17H20N4O5S/c1-12-9-19(27(24,25)16-6-4-15(5-7-16)21(22)23)11-17(26-12)13-8-18-20(10-13)14-2-3-14/h4-8,10,12,14,17H,2-3,9,11H2,1H3/t12-,17-/m1/s1. The largest absolute Gasteiger partial charge is 0.368 e. The summed E-state index contributed by atoms with van der Waals surface area (Å²) in [5.41, 5.74) is 0.715. The van der Waals surface area contributed by atoms with Crippen LogP contribution in [0.2, 0.25) is 0 Å². The third-order valence-corrected chi connectivity index (χ3v) is 6.67. The second kappa shape index (κ2) is 6.70. The van der Waals surface area contributed by atoms with Crippen molar-refractivity contribution in [3.63, 3.8) is 0 Å². The third-order valence-electron chi connectivity index (χ3n) is 4.83. The Morgan fingerprint density at radius 1 is 1.22 bits per heavy atom. The minimum atomic E-state index is -3.77. The van der Waals surface area contributed by atoms with Gasteiger partial charge in [0, 0.05) is 37.0 Å². The number of morpholine rings is 1. The van der Waals surface area contributed by atoms with Crippen LogP contribution in [-0.2, 0) is 14.8 Å². The Hall–Kier alpha value is -2.30. The van der Waals surface area contributed by atoms with Crippen molar-refractivity contribution in [3.05, 3.63) is 52.3 Å². The summed E-state index contributed by atoms with van der Waals surface area (Å²) < 4.78 is 35.2. The maximum atomic E-state index is 13.0. The quantitative estimate of drug-likeness (QED) is 0.571. The minimum absolute atomic E-state index is 0.0367. The van der Waals surface area contributed by atoms with Gasteiger partial charge in [-0.2, -0.15) is 9.40 Å². The smallest absolute Gasteiger partial charge is 0.269 e. The normalized spacial score (nSPS) is 24.0. The molecule has 4 rings (SSSR count). The first kappa shape index (κ1) is 18.1. The summed E-state index contributed by atoms with van der Waals surface area (Å²) in [6.45, 7) is 2.24. The van der Waals surface area contributed by atoms with E-state index >= 15 is 0 Å². The highest BCUT2D eigenvalue weighted by Gasteiger charge is 2.36. The summed E-state index contributed by atoms with van der Waals surface area (Å²) in [6.07, 6.45) is 5.22. The molecule has 0 spiro atoms. The number of nitrogens with zero attached hydrogens (tertiary/aromatic N) is 4. The molecule has 27 heavy (non-hydrogen) atoms. The van der Waals surface area contributed by atoms with Gasteiger partial charge in [-0.1, -0.05) is 0 Å². The summed E-state index contributed by atoms with van der Waals surface area (Å²) in [4.78, 5) is 10.3. The molecule has 1 aliphatic heterocycles. The van der Waals surface area contributed by atoms with Crippen LogP contribution in [0.1, 0.15) is 37.5 Å². The molecular weight excluding hydrogens is 372 g/mol. The molecule has 2 heterocycles. The maximum Gasteiger partial charge on any atom is 0.269 e. The lowest BCUT2D eigenvalue weighted by Crippen LogP contribution is -2.45. The number of nitro groups is 1. The number of hydrogen-bond donors (Lipinski definition) is 0. The maximum absolute atomic E-state index is 13.0.